The van der Waals surface area contributed by atoms with Crippen molar-refractivity contribution in [2.24, 2.45) is 0 Å². The Kier molecular flexibility index (Phi) is 1.64. The molecule has 6 heteroatoms. The van der Waals surface area contributed by atoms with Gasteiger partial charge in [0.1, 0.15) is 0 Å². The standard InChI is InChI=1S/C9HF5O/c10-8(11)4-2-1-3-5(9(12,13)14)6(4)7(8)15/h3H. The molecular weight excluding hydrogens is 219 g/mol. The van der Waals surface area contributed by atoms with Crippen molar-refractivity contribution in [1.29, 1.82) is 0 Å². The van der Waals surface area contributed by atoms with Gasteiger partial charge in [0.25, 0.3) is 0 Å². The topological polar surface area (TPSA) is 17.1 Å². The first-order valence-corrected chi connectivity index (χ1v) is 3.73. The minimum Gasteiger partial charge on any atom is -0.287 e. The van der Waals surface area contributed by atoms with E-state index in [-0.39, 0.29) is 0 Å². The van der Waals surface area contributed by atoms with Gasteiger partial charge in [0.2, 0.25) is 5.78 Å². The summed E-state index contributed by atoms with van der Waals surface area (Å²) >= 11 is 0. The molecular formula is C9HF5O. The third-order valence-corrected chi connectivity index (χ3v) is 2.06. The molecule has 0 aromatic carbocycles. The fourth-order valence-corrected chi connectivity index (χ4v) is 1.35. The van der Waals surface area contributed by atoms with Crippen molar-refractivity contribution in [3.8, 4) is 0 Å². The fraction of sp³-hybridized carbons (Fsp3) is 0.222. The predicted octanol–water partition coefficient (Wildman–Crippen LogP) is 2.31. The second kappa shape index (κ2) is 2.48. The summed E-state index contributed by atoms with van der Waals surface area (Å²) < 4.78 is 62.2. The quantitative estimate of drug-likeness (QED) is 0.452. The van der Waals surface area contributed by atoms with Gasteiger partial charge in [-0.1, -0.05) is 11.5 Å². The normalized spacial score (nSPS) is 22.5. The lowest BCUT2D eigenvalue weighted by molar-refractivity contribution is -0.141. The minimum absolute atomic E-state index is 0.436. The van der Waals surface area contributed by atoms with Crippen LogP contribution in [-0.4, -0.2) is 17.9 Å². The molecule has 2 rings (SSSR count). The van der Waals surface area contributed by atoms with Crippen LogP contribution in [0, 0.1) is 0 Å². The van der Waals surface area contributed by atoms with E-state index in [1.54, 1.807) is 0 Å². The molecule has 1 saturated carbocycles. The number of carbonyl (C=O) groups is 1. The fourth-order valence-electron chi connectivity index (χ4n) is 1.35. The third-order valence-electron chi connectivity index (χ3n) is 2.06. The molecule has 0 spiro atoms. The largest absolute Gasteiger partial charge is 0.417 e. The van der Waals surface area contributed by atoms with Crippen LogP contribution >= 0.6 is 0 Å². The molecule has 0 aromatic heterocycles. The first-order valence-electron chi connectivity index (χ1n) is 3.73. The molecule has 0 unspecified atom stereocenters. The van der Waals surface area contributed by atoms with E-state index in [9.17, 15) is 26.7 Å². The maximum atomic E-state index is 12.7. The molecule has 15 heavy (non-hydrogen) atoms. The molecule has 0 aliphatic heterocycles. The van der Waals surface area contributed by atoms with Crippen molar-refractivity contribution >= 4 is 5.78 Å². The summed E-state index contributed by atoms with van der Waals surface area (Å²) in [5, 5.41) is 0. The summed E-state index contributed by atoms with van der Waals surface area (Å²) in [7, 11) is 0. The van der Waals surface area contributed by atoms with Crippen LogP contribution in [0.3, 0.4) is 0 Å². The van der Waals surface area contributed by atoms with E-state index in [1.807, 2.05) is 11.5 Å². The van der Waals surface area contributed by atoms with Crippen LogP contribution in [0.15, 0.2) is 34.3 Å². The van der Waals surface area contributed by atoms with Crippen molar-refractivity contribution in [3.05, 3.63) is 34.3 Å². The molecule has 0 bridgehead atoms. The summed E-state index contributed by atoms with van der Waals surface area (Å²) in [6.45, 7) is 0. The lowest BCUT2D eigenvalue weighted by Gasteiger charge is -2.31. The van der Waals surface area contributed by atoms with E-state index in [2.05, 4.69) is 0 Å². The number of carbonyl (C=O) groups excluding carboxylic acids is 1. The molecule has 1 fully saturated rings. The SMILES string of the molecule is O=C1C2=C(C(F)(F)F)C=C=C=C2C1(F)F. The summed E-state index contributed by atoms with van der Waals surface area (Å²) in [5.41, 5.74) is 0.248. The molecule has 0 saturated heterocycles. The van der Waals surface area contributed by atoms with Gasteiger partial charge in [-0.05, 0) is 0 Å². The molecule has 0 N–H and O–H groups in total. The minimum atomic E-state index is -4.83. The Bertz CT molecular complexity index is 493. The molecule has 0 atom stereocenters. The highest BCUT2D eigenvalue weighted by atomic mass is 19.4. The van der Waals surface area contributed by atoms with Gasteiger partial charge in [0, 0.05) is 6.08 Å². The molecule has 0 heterocycles. The van der Waals surface area contributed by atoms with Crippen molar-refractivity contribution in [2.75, 3.05) is 0 Å². The summed E-state index contributed by atoms with van der Waals surface area (Å²) in [5.74, 6) is -5.66. The molecule has 2 aliphatic carbocycles. The Morgan fingerprint density at radius 2 is 1.87 bits per heavy atom. The van der Waals surface area contributed by atoms with Crippen molar-refractivity contribution in [2.45, 2.75) is 12.1 Å². The van der Waals surface area contributed by atoms with E-state index in [0.717, 1.165) is 0 Å². The van der Waals surface area contributed by atoms with Gasteiger partial charge < -0.3 is 0 Å². The van der Waals surface area contributed by atoms with Gasteiger partial charge in [0.15, 0.2) is 0 Å². The lowest BCUT2D eigenvalue weighted by atomic mass is 9.76. The van der Waals surface area contributed by atoms with Crippen LogP contribution < -0.4 is 0 Å². The number of rotatable bonds is 0. The first-order chi connectivity index (χ1) is 6.76. The second-order valence-corrected chi connectivity index (χ2v) is 2.98. The molecule has 2 aliphatic rings. The van der Waals surface area contributed by atoms with E-state index >= 15 is 0 Å². The second-order valence-electron chi connectivity index (χ2n) is 2.98. The molecule has 1 nitrogen and oxygen atoms in total. The Morgan fingerprint density at radius 3 is 2.40 bits per heavy atom. The summed E-state index contributed by atoms with van der Waals surface area (Å²) in [4.78, 5) is 10.8. The molecule has 0 amide bonds. The average molecular weight is 220 g/mol. The van der Waals surface area contributed by atoms with Gasteiger partial charge in [-0.25, -0.2) is 0 Å². The Hall–Kier alpha value is -1.64. The van der Waals surface area contributed by atoms with Crippen molar-refractivity contribution in [3.63, 3.8) is 0 Å². The number of hydrogen-bond donors (Lipinski definition) is 0. The maximum absolute atomic E-state index is 12.7. The van der Waals surface area contributed by atoms with Gasteiger partial charge in [-0.2, -0.15) is 22.0 Å². The van der Waals surface area contributed by atoms with Crippen LogP contribution in [-0.2, 0) is 4.79 Å². The number of alkyl halides is 5. The first kappa shape index (κ1) is 9.90. The zero-order valence-electron chi connectivity index (χ0n) is 6.88. The number of Topliss-reactive ketones (excluding diaryl/α,β-unsaturated/α-hetero) is 1. The average Bonchev–Trinajstić information content (AvgIpc) is 2.14. The van der Waals surface area contributed by atoms with Crippen molar-refractivity contribution in [1.82, 2.24) is 0 Å². The highest BCUT2D eigenvalue weighted by Crippen LogP contribution is 2.48. The number of allylic oxidation sites excluding steroid dienone is 4. The smallest absolute Gasteiger partial charge is 0.287 e. The summed E-state index contributed by atoms with van der Waals surface area (Å²) in [6, 6.07) is 0. The Labute approximate surface area is 79.9 Å². The number of hydrogen-bond acceptors (Lipinski definition) is 1. The van der Waals surface area contributed by atoms with Gasteiger partial charge in [-0.15, -0.1) is 0 Å². The van der Waals surface area contributed by atoms with Gasteiger partial charge in [-0.3, -0.25) is 4.79 Å². The summed E-state index contributed by atoms with van der Waals surface area (Å²) in [6.07, 6.45) is -4.40. The third kappa shape index (κ3) is 1.12. The van der Waals surface area contributed by atoms with Crippen LogP contribution in [0.4, 0.5) is 22.0 Å². The van der Waals surface area contributed by atoms with Crippen LogP contribution in [0.1, 0.15) is 0 Å². The zero-order valence-corrected chi connectivity index (χ0v) is 6.88. The van der Waals surface area contributed by atoms with Crippen molar-refractivity contribution < 1.29 is 26.7 Å². The van der Waals surface area contributed by atoms with E-state index in [4.69, 9.17) is 0 Å². The molecule has 0 aromatic rings. The van der Waals surface area contributed by atoms with Crippen LogP contribution in [0.2, 0.25) is 0 Å². The van der Waals surface area contributed by atoms with Crippen LogP contribution in [0.25, 0.3) is 0 Å². The van der Waals surface area contributed by atoms with E-state index in [0.29, 0.717) is 6.08 Å². The monoisotopic (exact) mass is 220 g/mol. The maximum Gasteiger partial charge on any atom is 0.417 e. The predicted molar refractivity (Wildman–Crippen MR) is 38.1 cm³/mol. The number of fused-ring (bicyclic) bond motifs is 1. The molecule has 78 valence electrons. The highest BCUT2D eigenvalue weighted by Gasteiger charge is 2.61. The number of ketones is 1. The van der Waals surface area contributed by atoms with Gasteiger partial charge in [0.05, 0.1) is 16.7 Å². The Balaban J connectivity index is 2.64. The lowest BCUT2D eigenvalue weighted by Crippen LogP contribution is -2.46. The Morgan fingerprint density at radius 1 is 1.27 bits per heavy atom. The molecule has 0 radical (unpaired) electrons. The highest BCUT2D eigenvalue weighted by molar-refractivity contribution is 6.17. The van der Waals surface area contributed by atoms with E-state index < -0.39 is 34.6 Å². The zero-order chi connectivity index (χ0) is 11.4. The van der Waals surface area contributed by atoms with E-state index in [1.165, 1.54) is 0 Å². The number of halogens is 5. The van der Waals surface area contributed by atoms with Crippen LogP contribution in [0.5, 0.6) is 0 Å². The van der Waals surface area contributed by atoms with Gasteiger partial charge >= 0.3 is 12.1 Å².